The lowest BCUT2D eigenvalue weighted by Gasteiger charge is -2.16. The Morgan fingerprint density at radius 1 is 1.36 bits per heavy atom. The van der Waals surface area contributed by atoms with Crippen LogP contribution < -0.4 is 10.6 Å². The fourth-order valence-electron chi connectivity index (χ4n) is 2.23. The van der Waals surface area contributed by atoms with Crippen molar-refractivity contribution in [2.24, 2.45) is 0 Å². The first kappa shape index (κ1) is 22.1. The minimum atomic E-state index is -4.20. The Hall–Kier alpha value is -2.20. The Morgan fingerprint density at radius 2 is 2.11 bits per heavy atom. The van der Waals surface area contributed by atoms with E-state index < -0.39 is 25.0 Å². The summed E-state index contributed by atoms with van der Waals surface area (Å²) < 4.78 is 54.6. The molecular weight excluding hydrogens is 398 g/mol. The maximum absolute atomic E-state index is 12.8. The molecule has 5 nitrogen and oxygen atoms in total. The molecule has 0 saturated carbocycles. The topological polar surface area (TPSA) is 63.2 Å². The first-order chi connectivity index (χ1) is 13.2. The van der Waals surface area contributed by atoms with E-state index in [2.05, 4.69) is 20.4 Å². The van der Waals surface area contributed by atoms with Crippen LogP contribution >= 0.6 is 11.3 Å². The van der Waals surface area contributed by atoms with E-state index in [1.54, 1.807) is 18.2 Å². The minimum absolute atomic E-state index is 0.283. The summed E-state index contributed by atoms with van der Waals surface area (Å²) in [7, 11) is 0. The third-order valence-electron chi connectivity index (χ3n) is 3.73. The summed E-state index contributed by atoms with van der Waals surface area (Å²) in [6, 6.07) is 5.55. The van der Waals surface area contributed by atoms with Crippen molar-refractivity contribution in [2.45, 2.75) is 45.3 Å². The van der Waals surface area contributed by atoms with Gasteiger partial charge in [0, 0.05) is 11.1 Å². The van der Waals surface area contributed by atoms with Crippen molar-refractivity contribution >= 4 is 23.1 Å². The number of anilines is 1. The number of nitrogens with one attached hydrogen (secondary N) is 2. The predicted octanol–water partition coefficient (Wildman–Crippen LogP) is 5.01. The molecular formula is C18H21F4N3O2S. The number of aromatic nitrogens is 1. The van der Waals surface area contributed by atoms with Gasteiger partial charge in [-0.3, -0.25) is 0 Å². The zero-order valence-corrected chi connectivity index (χ0v) is 16.2. The van der Waals surface area contributed by atoms with Crippen LogP contribution in [0, 0.1) is 0 Å². The Labute approximate surface area is 164 Å². The molecule has 1 aromatic carbocycles. The van der Waals surface area contributed by atoms with Gasteiger partial charge in [0.05, 0.1) is 23.4 Å². The average molecular weight is 419 g/mol. The highest BCUT2D eigenvalue weighted by molar-refractivity contribution is 7.09. The number of halogens is 4. The van der Waals surface area contributed by atoms with E-state index in [1.807, 2.05) is 19.2 Å². The molecule has 0 saturated heterocycles. The van der Waals surface area contributed by atoms with E-state index in [-0.39, 0.29) is 12.6 Å². The third kappa shape index (κ3) is 6.45. The molecule has 0 radical (unpaired) electrons. The highest BCUT2D eigenvalue weighted by Gasteiger charge is 2.40. The maximum Gasteiger partial charge on any atom is 0.330 e. The molecule has 2 amide bonds. The quantitative estimate of drug-likeness (QED) is 0.562. The van der Waals surface area contributed by atoms with Crippen LogP contribution in [-0.2, 0) is 17.8 Å². The molecule has 154 valence electrons. The number of urea groups is 1. The number of carbonyl (C=O) groups is 1. The molecule has 1 atom stereocenters. The molecule has 2 aromatic rings. The Morgan fingerprint density at radius 3 is 2.75 bits per heavy atom. The zero-order valence-electron chi connectivity index (χ0n) is 15.3. The first-order valence-electron chi connectivity index (χ1n) is 8.55. The molecule has 0 spiro atoms. The molecule has 0 aliphatic carbocycles. The van der Waals surface area contributed by atoms with Gasteiger partial charge < -0.3 is 15.4 Å². The van der Waals surface area contributed by atoms with Gasteiger partial charge in [-0.05, 0) is 31.0 Å². The first-order valence-corrected chi connectivity index (χ1v) is 9.43. The fourth-order valence-corrected chi connectivity index (χ4v) is 3.07. The number of thiazole rings is 1. The van der Waals surface area contributed by atoms with Gasteiger partial charge in [-0.2, -0.15) is 8.78 Å². The van der Waals surface area contributed by atoms with Crippen LogP contribution in [0.1, 0.15) is 36.2 Å². The van der Waals surface area contributed by atoms with Gasteiger partial charge in [-0.15, -0.1) is 11.3 Å². The molecule has 2 N–H and O–H groups in total. The number of alkyl halides is 4. The molecule has 28 heavy (non-hydrogen) atoms. The largest absolute Gasteiger partial charge is 0.370 e. The molecule has 10 heteroatoms. The predicted molar refractivity (Wildman–Crippen MR) is 99.1 cm³/mol. The smallest absolute Gasteiger partial charge is 0.330 e. The summed E-state index contributed by atoms with van der Waals surface area (Å²) in [6.45, 7) is 2.14. The van der Waals surface area contributed by atoms with Crippen molar-refractivity contribution in [3.63, 3.8) is 0 Å². The fraction of sp³-hybridized carbons (Fsp3) is 0.444. The lowest BCUT2D eigenvalue weighted by molar-refractivity contribution is -0.168. The zero-order chi connectivity index (χ0) is 20.7. The van der Waals surface area contributed by atoms with Gasteiger partial charge in [-0.25, -0.2) is 18.6 Å². The van der Waals surface area contributed by atoms with Crippen LogP contribution in [0.3, 0.4) is 0 Å². The molecule has 1 unspecified atom stereocenters. The highest BCUT2D eigenvalue weighted by Crippen LogP contribution is 2.23. The number of benzene rings is 1. The number of rotatable bonds is 9. The van der Waals surface area contributed by atoms with E-state index in [0.717, 1.165) is 17.1 Å². The number of nitrogens with zero attached hydrogens (tertiary/aromatic N) is 1. The van der Waals surface area contributed by atoms with Gasteiger partial charge in [-0.1, -0.05) is 19.1 Å². The standard InChI is InChI=1S/C18H21F4N3O2S/c1-3-15-25-14(9-28-15)11(2)23-17(26)24-13-6-4-5-12(7-13)8-27-10-18(21,22)16(19)20/h4-7,9,11,16H,3,8,10H2,1-2H3,(H2,23,24,26). The van der Waals surface area contributed by atoms with Gasteiger partial charge in [0.25, 0.3) is 0 Å². The summed E-state index contributed by atoms with van der Waals surface area (Å²) >= 11 is 1.52. The molecule has 0 fully saturated rings. The number of hydrogen-bond acceptors (Lipinski definition) is 4. The average Bonchev–Trinajstić information content (AvgIpc) is 3.11. The Balaban J connectivity index is 1.86. The molecule has 1 aromatic heterocycles. The van der Waals surface area contributed by atoms with Crippen molar-refractivity contribution < 1.29 is 27.1 Å². The minimum Gasteiger partial charge on any atom is -0.370 e. The number of carbonyl (C=O) groups excluding carboxylic acids is 1. The molecule has 0 aliphatic heterocycles. The van der Waals surface area contributed by atoms with E-state index in [9.17, 15) is 22.4 Å². The van der Waals surface area contributed by atoms with Gasteiger partial charge in [0.1, 0.15) is 6.61 Å². The third-order valence-corrected chi connectivity index (χ3v) is 4.74. The van der Waals surface area contributed by atoms with E-state index in [1.165, 1.54) is 17.4 Å². The van der Waals surface area contributed by atoms with E-state index >= 15 is 0 Å². The second-order valence-corrected chi connectivity index (χ2v) is 7.04. The van der Waals surface area contributed by atoms with E-state index in [0.29, 0.717) is 11.3 Å². The summed E-state index contributed by atoms with van der Waals surface area (Å²) in [5.74, 6) is -4.20. The van der Waals surface area contributed by atoms with E-state index in [4.69, 9.17) is 0 Å². The second-order valence-electron chi connectivity index (χ2n) is 6.09. The maximum atomic E-state index is 12.8. The Kier molecular flexibility index (Phi) is 7.76. The van der Waals surface area contributed by atoms with Crippen LogP contribution in [0.25, 0.3) is 0 Å². The monoisotopic (exact) mass is 419 g/mol. The van der Waals surface area contributed by atoms with Crippen LogP contribution in [-0.4, -0.2) is 30.0 Å². The summed E-state index contributed by atoms with van der Waals surface area (Å²) in [5, 5.41) is 8.25. The van der Waals surface area contributed by atoms with Crippen molar-refractivity contribution in [3.05, 3.63) is 45.9 Å². The molecule has 0 aliphatic rings. The number of hydrogen-bond donors (Lipinski definition) is 2. The second kappa shape index (κ2) is 9.83. The van der Waals surface area contributed by atoms with Crippen molar-refractivity contribution in [2.75, 3.05) is 11.9 Å². The lowest BCUT2D eigenvalue weighted by Crippen LogP contribution is -2.32. The SMILES string of the molecule is CCc1nc(C(C)NC(=O)Nc2cccc(COCC(F)(F)C(F)F)c2)cs1. The van der Waals surface area contributed by atoms with Crippen LogP contribution in [0.15, 0.2) is 29.6 Å². The summed E-state index contributed by atoms with van der Waals surface area (Å²) in [5.41, 5.74) is 1.64. The van der Waals surface area contributed by atoms with Gasteiger partial charge in [0.2, 0.25) is 0 Å². The number of aryl methyl sites for hydroxylation is 1. The normalized spacial score (nSPS) is 12.8. The van der Waals surface area contributed by atoms with Crippen LogP contribution in [0.5, 0.6) is 0 Å². The molecule has 1 heterocycles. The Bertz CT molecular complexity index is 786. The molecule has 0 bridgehead atoms. The van der Waals surface area contributed by atoms with Crippen LogP contribution in [0.2, 0.25) is 0 Å². The van der Waals surface area contributed by atoms with Gasteiger partial charge >= 0.3 is 18.4 Å². The van der Waals surface area contributed by atoms with Gasteiger partial charge in [0.15, 0.2) is 0 Å². The molecule has 2 rings (SSSR count). The van der Waals surface area contributed by atoms with Crippen LogP contribution in [0.4, 0.5) is 28.0 Å². The van der Waals surface area contributed by atoms with Crippen molar-refractivity contribution in [3.8, 4) is 0 Å². The summed E-state index contributed by atoms with van der Waals surface area (Å²) in [6.07, 6.45) is -2.96. The highest BCUT2D eigenvalue weighted by atomic mass is 32.1. The summed E-state index contributed by atoms with van der Waals surface area (Å²) in [4.78, 5) is 16.6. The number of amides is 2. The number of ether oxygens (including phenoxy) is 1. The van der Waals surface area contributed by atoms with Crippen molar-refractivity contribution in [1.82, 2.24) is 10.3 Å². The lowest BCUT2D eigenvalue weighted by atomic mass is 10.2. The van der Waals surface area contributed by atoms with Crippen molar-refractivity contribution in [1.29, 1.82) is 0 Å².